The van der Waals surface area contributed by atoms with E-state index in [1.165, 1.54) is 0 Å². The van der Waals surface area contributed by atoms with Crippen LogP contribution in [-0.2, 0) is 4.74 Å². The van der Waals surface area contributed by atoms with Crippen LogP contribution in [0.15, 0.2) is 22.7 Å². The molecule has 0 unspecified atom stereocenters. The van der Waals surface area contributed by atoms with E-state index in [0.29, 0.717) is 5.92 Å². The van der Waals surface area contributed by atoms with Gasteiger partial charge in [0.1, 0.15) is 5.82 Å². The average Bonchev–Trinajstić information content (AvgIpc) is 2.53. The van der Waals surface area contributed by atoms with Crippen LogP contribution >= 0.6 is 15.9 Å². The van der Waals surface area contributed by atoms with E-state index in [2.05, 4.69) is 26.1 Å². The van der Waals surface area contributed by atoms with Crippen LogP contribution in [0, 0.1) is 11.7 Å². The van der Waals surface area contributed by atoms with Crippen molar-refractivity contribution in [2.75, 3.05) is 39.4 Å². The van der Waals surface area contributed by atoms with Gasteiger partial charge in [-0.3, -0.25) is 4.90 Å². The van der Waals surface area contributed by atoms with Crippen molar-refractivity contribution in [2.24, 2.45) is 5.92 Å². The summed E-state index contributed by atoms with van der Waals surface area (Å²) in [4.78, 5) is 2.44. The number of halogens is 2. The van der Waals surface area contributed by atoms with Crippen molar-refractivity contribution < 1.29 is 9.13 Å². The highest BCUT2D eigenvalue weighted by Crippen LogP contribution is 2.37. The zero-order valence-electron chi connectivity index (χ0n) is 12.2. The first-order chi connectivity index (χ1) is 10.3. The summed E-state index contributed by atoms with van der Waals surface area (Å²) in [7, 11) is 0. The third-order valence-corrected chi connectivity index (χ3v) is 5.03. The number of nitrogens with zero attached hydrogens (tertiary/aromatic N) is 1. The van der Waals surface area contributed by atoms with Crippen LogP contribution in [0.3, 0.4) is 0 Å². The van der Waals surface area contributed by atoms with Gasteiger partial charge in [0, 0.05) is 55.5 Å². The molecule has 2 fully saturated rings. The molecule has 1 aromatic carbocycles. The molecule has 3 rings (SSSR count). The molecule has 1 atom stereocenters. The predicted molar refractivity (Wildman–Crippen MR) is 84.8 cm³/mol. The molecule has 2 aliphatic heterocycles. The number of hydrogen-bond acceptors (Lipinski definition) is 3. The average molecular weight is 357 g/mol. The van der Waals surface area contributed by atoms with Crippen molar-refractivity contribution in [2.45, 2.75) is 18.9 Å². The van der Waals surface area contributed by atoms with E-state index >= 15 is 0 Å². The van der Waals surface area contributed by atoms with E-state index in [1.807, 2.05) is 6.07 Å². The van der Waals surface area contributed by atoms with Crippen LogP contribution in [0.25, 0.3) is 0 Å². The molecule has 5 heteroatoms. The molecule has 0 radical (unpaired) electrons. The Balaban J connectivity index is 1.91. The van der Waals surface area contributed by atoms with E-state index in [4.69, 9.17) is 4.74 Å². The zero-order valence-corrected chi connectivity index (χ0v) is 13.7. The van der Waals surface area contributed by atoms with Gasteiger partial charge in [0.05, 0.1) is 0 Å². The molecule has 0 spiro atoms. The lowest BCUT2D eigenvalue weighted by Gasteiger charge is -2.41. The number of ether oxygens (including phenoxy) is 1. The second-order valence-corrected chi connectivity index (χ2v) is 6.76. The van der Waals surface area contributed by atoms with Gasteiger partial charge >= 0.3 is 0 Å². The molecule has 2 saturated heterocycles. The van der Waals surface area contributed by atoms with Crippen LogP contribution < -0.4 is 5.32 Å². The first-order valence-corrected chi connectivity index (χ1v) is 8.52. The van der Waals surface area contributed by atoms with E-state index in [1.54, 1.807) is 12.1 Å². The molecule has 2 heterocycles. The fourth-order valence-corrected chi connectivity index (χ4v) is 3.86. The summed E-state index contributed by atoms with van der Waals surface area (Å²) >= 11 is 3.49. The molecule has 0 amide bonds. The second kappa shape index (κ2) is 7.18. The van der Waals surface area contributed by atoms with Gasteiger partial charge in [-0.25, -0.2) is 4.39 Å². The van der Waals surface area contributed by atoms with Gasteiger partial charge in [0.25, 0.3) is 0 Å². The summed E-state index contributed by atoms with van der Waals surface area (Å²) < 4.78 is 20.9. The molecule has 0 bridgehead atoms. The molecule has 1 aromatic rings. The number of rotatable bonds is 3. The van der Waals surface area contributed by atoms with Crippen molar-refractivity contribution >= 4 is 15.9 Å². The number of piperazine rings is 1. The number of hydrogen-bond donors (Lipinski definition) is 1. The normalized spacial score (nSPS) is 23.1. The van der Waals surface area contributed by atoms with Gasteiger partial charge in [-0.05, 0) is 37.0 Å². The Hall–Kier alpha value is -0.490. The second-order valence-electron chi connectivity index (χ2n) is 5.85. The maximum atomic E-state index is 14.4. The minimum Gasteiger partial charge on any atom is -0.381 e. The summed E-state index contributed by atoms with van der Waals surface area (Å²) in [5.74, 6) is 0.383. The lowest BCUT2D eigenvalue weighted by atomic mass is 9.85. The SMILES string of the molecule is Fc1ccc(Br)cc1[C@@H](C1CCOCC1)N1CCNCC1. The van der Waals surface area contributed by atoms with Gasteiger partial charge in [-0.1, -0.05) is 15.9 Å². The summed E-state index contributed by atoms with van der Waals surface area (Å²) in [6.45, 7) is 5.51. The van der Waals surface area contributed by atoms with Gasteiger partial charge in [0.15, 0.2) is 0 Å². The highest BCUT2D eigenvalue weighted by Gasteiger charge is 2.32. The molecular formula is C16H22BrFN2O. The minimum absolute atomic E-state index is 0.0896. The Morgan fingerprint density at radius 2 is 1.95 bits per heavy atom. The van der Waals surface area contributed by atoms with E-state index in [9.17, 15) is 4.39 Å². The number of nitrogens with one attached hydrogen (secondary N) is 1. The highest BCUT2D eigenvalue weighted by atomic mass is 79.9. The van der Waals surface area contributed by atoms with Crippen molar-refractivity contribution in [1.29, 1.82) is 0 Å². The van der Waals surface area contributed by atoms with Crippen molar-refractivity contribution in [1.82, 2.24) is 10.2 Å². The molecule has 3 nitrogen and oxygen atoms in total. The smallest absolute Gasteiger partial charge is 0.128 e. The first-order valence-electron chi connectivity index (χ1n) is 7.73. The zero-order chi connectivity index (χ0) is 14.7. The van der Waals surface area contributed by atoms with Gasteiger partial charge in [0.2, 0.25) is 0 Å². The summed E-state index contributed by atoms with van der Waals surface area (Å²) in [6.07, 6.45) is 2.03. The lowest BCUT2D eigenvalue weighted by molar-refractivity contribution is 0.0203. The highest BCUT2D eigenvalue weighted by molar-refractivity contribution is 9.10. The summed E-state index contributed by atoms with van der Waals surface area (Å²) in [5.41, 5.74) is 0.832. The molecule has 2 aliphatic rings. The Kier molecular flexibility index (Phi) is 5.27. The molecule has 0 aromatic heterocycles. The maximum Gasteiger partial charge on any atom is 0.128 e. The van der Waals surface area contributed by atoms with E-state index in [-0.39, 0.29) is 11.9 Å². The lowest BCUT2D eigenvalue weighted by Crippen LogP contribution is -2.47. The molecule has 116 valence electrons. The maximum absolute atomic E-state index is 14.4. The quantitative estimate of drug-likeness (QED) is 0.900. The Bertz CT molecular complexity index is 455. The largest absolute Gasteiger partial charge is 0.381 e. The van der Waals surface area contributed by atoms with Crippen molar-refractivity contribution in [3.8, 4) is 0 Å². The van der Waals surface area contributed by atoms with Gasteiger partial charge in [-0.15, -0.1) is 0 Å². The molecule has 0 saturated carbocycles. The minimum atomic E-state index is -0.0896. The van der Waals surface area contributed by atoms with Crippen LogP contribution in [0.4, 0.5) is 4.39 Å². The van der Waals surface area contributed by atoms with Crippen molar-refractivity contribution in [3.63, 3.8) is 0 Å². The molecule has 21 heavy (non-hydrogen) atoms. The van der Waals surface area contributed by atoms with Gasteiger partial charge in [-0.2, -0.15) is 0 Å². The molecule has 0 aliphatic carbocycles. The first kappa shape index (κ1) is 15.4. The third kappa shape index (κ3) is 3.65. The van der Waals surface area contributed by atoms with Gasteiger partial charge < -0.3 is 10.1 Å². The Labute approximate surface area is 134 Å². The number of benzene rings is 1. The molecular weight excluding hydrogens is 335 g/mol. The van der Waals surface area contributed by atoms with Crippen LogP contribution in [0.5, 0.6) is 0 Å². The Morgan fingerprint density at radius 3 is 2.67 bits per heavy atom. The fraction of sp³-hybridized carbons (Fsp3) is 0.625. The molecule has 1 N–H and O–H groups in total. The van der Waals surface area contributed by atoms with E-state index < -0.39 is 0 Å². The Morgan fingerprint density at radius 1 is 1.24 bits per heavy atom. The van der Waals surface area contributed by atoms with Crippen LogP contribution in [-0.4, -0.2) is 44.3 Å². The van der Waals surface area contributed by atoms with Crippen LogP contribution in [0.1, 0.15) is 24.4 Å². The fourth-order valence-electron chi connectivity index (χ4n) is 3.48. The predicted octanol–water partition coefficient (Wildman–Crippen LogP) is 2.96. The monoisotopic (exact) mass is 356 g/mol. The van der Waals surface area contributed by atoms with Crippen LogP contribution in [0.2, 0.25) is 0 Å². The van der Waals surface area contributed by atoms with E-state index in [0.717, 1.165) is 62.3 Å². The standard InChI is InChI=1S/C16H22BrFN2O/c17-13-1-2-15(18)14(11-13)16(12-3-9-21-10-4-12)20-7-5-19-6-8-20/h1-2,11-12,16,19H,3-10H2/t16-/m1/s1. The summed E-state index contributed by atoms with van der Waals surface area (Å²) in [5, 5.41) is 3.38. The topological polar surface area (TPSA) is 24.5 Å². The summed E-state index contributed by atoms with van der Waals surface area (Å²) in [6, 6.07) is 5.47. The van der Waals surface area contributed by atoms with Crippen molar-refractivity contribution in [3.05, 3.63) is 34.1 Å². The third-order valence-electron chi connectivity index (χ3n) is 4.53.